The van der Waals surface area contributed by atoms with E-state index in [0.717, 1.165) is 24.7 Å². The number of rotatable bonds is 5. The molecule has 0 aromatic carbocycles. The smallest absolute Gasteiger partial charge is 0.135 e. The van der Waals surface area contributed by atoms with Crippen LogP contribution in [0.3, 0.4) is 0 Å². The summed E-state index contributed by atoms with van der Waals surface area (Å²) in [6.45, 7) is 8.71. The van der Waals surface area contributed by atoms with Gasteiger partial charge in [0.15, 0.2) is 0 Å². The Labute approximate surface area is 115 Å². The lowest BCUT2D eigenvalue weighted by molar-refractivity contribution is 0.346. The van der Waals surface area contributed by atoms with E-state index < -0.39 is 0 Å². The molecule has 19 heavy (non-hydrogen) atoms. The molecule has 0 amide bonds. The van der Waals surface area contributed by atoms with Crippen molar-refractivity contribution in [3.05, 3.63) is 11.9 Å². The van der Waals surface area contributed by atoms with Gasteiger partial charge in [0.25, 0.3) is 0 Å². The van der Waals surface area contributed by atoms with Crippen LogP contribution in [0.2, 0.25) is 0 Å². The second-order valence-electron chi connectivity index (χ2n) is 5.63. The Hall–Kier alpha value is -1.36. The van der Waals surface area contributed by atoms with Crippen LogP contribution in [-0.4, -0.2) is 48.1 Å². The molecule has 0 aliphatic carbocycles. The molecule has 0 bridgehead atoms. The summed E-state index contributed by atoms with van der Waals surface area (Å²) in [4.78, 5) is 13.6. The molecular weight excluding hydrogens is 238 g/mol. The molecule has 2 rings (SSSR count). The van der Waals surface area contributed by atoms with Crippen molar-refractivity contribution in [2.75, 3.05) is 43.9 Å². The molecule has 2 N–H and O–H groups in total. The largest absolute Gasteiger partial charge is 0.384 e. The molecule has 1 aliphatic heterocycles. The van der Waals surface area contributed by atoms with E-state index in [4.69, 9.17) is 5.73 Å². The number of anilines is 2. The first-order valence-corrected chi connectivity index (χ1v) is 7.14. The Bertz CT molecular complexity index is 412. The molecule has 106 valence electrons. The second-order valence-corrected chi connectivity index (χ2v) is 5.63. The van der Waals surface area contributed by atoms with Gasteiger partial charge in [0.1, 0.15) is 17.5 Å². The first kappa shape index (κ1) is 14.1. The van der Waals surface area contributed by atoms with Crippen molar-refractivity contribution in [1.29, 1.82) is 0 Å². The van der Waals surface area contributed by atoms with Crippen LogP contribution in [0.15, 0.2) is 6.07 Å². The number of likely N-dealkylation sites (tertiary alicyclic amines) is 1. The van der Waals surface area contributed by atoms with Gasteiger partial charge in [-0.05, 0) is 25.9 Å². The molecule has 0 atom stereocenters. The van der Waals surface area contributed by atoms with Gasteiger partial charge in [-0.25, -0.2) is 9.97 Å². The van der Waals surface area contributed by atoms with Crippen LogP contribution in [0.1, 0.15) is 38.4 Å². The van der Waals surface area contributed by atoms with Gasteiger partial charge in [0.05, 0.1) is 0 Å². The first-order chi connectivity index (χ1) is 9.06. The molecule has 1 aromatic heterocycles. The molecule has 1 aliphatic rings. The summed E-state index contributed by atoms with van der Waals surface area (Å²) in [6, 6.07) is 1.86. The monoisotopic (exact) mass is 263 g/mol. The molecule has 1 aromatic rings. The van der Waals surface area contributed by atoms with Gasteiger partial charge in [-0.2, -0.15) is 0 Å². The Morgan fingerprint density at radius 2 is 2.00 bits per heavy atom. The molecule has 0 spiro atoms. The number of likely N-dealkylation sites (N-methyl/N-ethyl adjacent to an activating group) is 1. The quantitative estimate of drug-likeness (QED) is 0.876. The Morgan fingerprint density at radius 3 is 2.63 bits per heavy atom. The number of hydrogen-bond acceptors (Lipinski definition) is 5. The normalized spacial score (nSPS) is 16.2. The van der Waals surface area contributed by atoms with Gasteiger partial charge in [0, 0.05) is 32.1 Å². The predicted molar refractivity (Wildman–Crippen MR) is 79.5 cm³/mol. The van der Waals surface area contributed by atoms with Crippen molar-refractivity contribution in [3.8, 4) is 0 Å². The molecule has 1 saturated heterocycles. The lowest BCUT2D eigenvalue weighted by atomic mass is 10.2. The van der Waals surface area contributed by atoms with Crippen LogP contribution >= 0.6 is 0 Å². The zero-order chi connectivity index (χ0) is 13.8. The van der Waals surface area contributed by atoms with Crippen molar-refractivity contribution in [1.82, 2.24) is 14.9 Å². The van der Waals surface area contributed by atoms with Crippen molar-refractivity contribution in [2.24, 2.45) is 0 Å². The van der Waals surface area contributed by atoms with Crippen molar-refractivity contribution in [2.45, 2.75) is 32.6 Å². The molecule has 2 heterocycles. The highest BCUT2D eigenvalue weighted by atomic mass is 15.2. The van der Waals surface area contributed by atoms with E-state index in [9.17, 15) is 0 Å². The molecule has 0 radical (unpaired) electrons. The van der Waals surface area contributed by atoms with Crippen LogP contribution in [0, 0.1) is 0 Å². The van der Waals surface area contributed by atoms with Crippen molar-refractivity contribution < 1.29 is 0 Å². The summed E-state index contributed by atoms with van der Waals surface area (Å²) in [6.07, 6.45) is 2.67. The van der Waals surface area contributed by atoms with Gasteiger partial charge in [-0.3, -0.25) is 0 Å². The first-order valence-electron chi connectivity index (χ1n) is 7.14. The zero-order valence-electron chi connectivity index (χ0n) is 12.3. The molecule has 5 nitrogen and oxygen atoms in total. The molecule has 5 heteroatoms. The van der Waals surface area contributed by atoms with Crippen LogP contribution in [-0.2, 0) is 0 Å². The lowest BCUT2D eigenvalue weighted by Crippen LogP contribution is -2.32. The third-order valence-electron chi connectivity index (χ3n) is 3.61. The van der Waals surface area contributed by atoms with Gasteiger partial charge >= 0.3 is 0 Å². The zero-order valence-corrected chi connectivity index (χ0v) is 12.3. The van der Waals surface area contributed by atoms with Gasteiger partial charge in [0.2, 0.25) is 0 Å². The van der Waals surface area contributed by atoms with E-state index in [1.165, 1.54) is 25.9 Å². The minimum atomic E-state index is 0.300. The fraction of sp³-hybridized carbons (Fsp3) is 0.714. The molecule has 1 fully saturated rings. The standard InChI is InChI=1S/C14H25N5/c1-11(2)14-16-12(15)10-13(17-14)18(3)8-9-19-6-4-5-7-19/h10-11H,4-9H2,1-3H3,(H2,15,16,17). The van der Waals surface area contributed by atoms with Crippen LogP contribution in [0.25, 0.3) is 0 Å². The van der Waals surface area contributed by atoms with Crippen molar-refractivity contribution >= 4 is 11.6 Å². The average Bonchev–Trinajstić information content (AvgIpc) is 2.88. The maximum atomic E-state index is 5.87. The van der Waals surface area contributed by atoms with E-state index in [1.54, 1.807) is 0 Å². The van der Waals surface area contributed by atoms with E-state index >= 15 is 0 Å². The minimum Gasteiger partial charge on any atom is -0.384 e. The summed E-state index contributed by atoms with van der Waals surface area (Å²) >= 11 is 0. The summed E-state index contributed by atoms with van der Waals surface area (Å²) in [5.74, 6) is 2.61. The predicted octanol–water partition coefficient (Wildman–Crippen LogP) is 1.71. The third kappa shape index (κ3) is 3.80. The van der Waals surface area contributed by atoms with Crippen molar-refractivity contribution in [3.63, 3.8) is 0 Å². The number of nitrogens with zero attached hydrogens (tertiary/aromatic N) is 4. The van der Waals surface area contributed by atoms with Crippen LogP contribution in [0.4, 0.5) is 11.6 Å². The SMILES string of the molecule is CC(C)c1nc(N)cc(N(C)CCN2CCCC2)n1. The lowest BCUT2D eigenvalue weighted by Gasteiger charge is -2.23. The summed E-state index contributed by atoms with van der Waals surface area (Å²) in [5.41, 5.74) is 5.87. The Balaban J connectivity index is 1.99. The number of aromatic nitrogens is 2. The maximum Gasteiger partial charge on any atom is 0.135 e. The highest BCUT2D eigenvalue weighted by Gasteiger charge is 2.14. The Morgan fingerprint density at radius 1 is 1.32 bits per heavy atom. The highest BCUT2D eigenvalue weighted by molar-refractivity contribution is 5.46. The number of nitrogens with two attached hydrogens (primary N) is 1. The van der Waals surface area contributed by atoms with E-state index in [-0.39, 0.29) is 0 Å². The second kappa shape index (κ2) is 6.19. The number of hydrogen-bond donors (Lipinski definition) is 1. The Kier molecular flexibility index (Phi) is 4.58. The van der Waals surface area contributed by atoms with Gasteiger partial charge < -0.3 is 15.5 Å². The minimum absolute atomic E-state index is 0.300. The van der Waals surface area contributed by atoms with Gasteiger partial charge in [-0.1, -0.05) is 13.8 Å². The highest BCUT2D eigenvalue weighted by Crippen LogP contribution is 2.17. The average molecular weight is 263 g/mol. The van der Waals surface area contributed by atoms with E-state index in [2.05, 4.69) is 40.7 Å². The third-order valence-corrected chi connectivity index (χ3v) is 3.61. The van der Waals surface area contributed by atoms with E-state index in [0.29, 0.717) is 11.7 Å². The van der Waals surface area contributed by atoms with Gasteiger partial charge in [-0.15, -0.1) is 0 Å². The summed E-state index contributed by atoms with van der Waals surface area (Å²) in [5, 5.41) is 0. The molecular formula is C14H25N5. The number of nitrogen functional groups attached to an aromatic ring is 1. The maximum absolute atomic E-state index is 5.87. The topological polar surface area (TPSA) is 58.3 Å². The summed E-state index contributed by atoms with van der Waals surface area (Å²) < 4.78 is 0. The molecule has 0 saturated carbocycles. The van der Waals surface area contributed by atoms with E-state index in [1.807, 2.05) is 6.07 Å². The molecule has 0 unspecified atom stereocenters. The fourth-order valence-corrected chi connectivity index (χ4v) is 2.34. The van der Waals surface area contributed by atoms with Crippen LogP contribution in [0.5, 0.6) is 0 Å². The van der Waals surface area contributed by atoms with Crippen LogP contribution < -0.4 is 10.6 Å². The summed E-state index contributed by atoms with van der Waals surface area (Å²) in [7, 11) is 2.07. The fourth-order valence-electron chi connectivity index (χ4n) is 2.34.